The molecule has 1 N–H and O–H groups in total. The number of hydrogen-bond acceptors (Lipinski definition) is 8. The van der Waals surface area contributed by atoms with Crippen LogP contribution in [0.15, 0.2) is 71.9 Å². The number of aromatic nitrogens is 2. The summed E-state index contributed by atoms with van der Waals surface area (Å²) >= 11 is 1.15. The second kappa shape index (κ2) is 10.3. The lowest BCUT2D eigenvalue weighted by molar-refractivity contribution is -0.384. The van der Waals surface area contributed by atoms with E-state index < -0.39 is 10.9 Å². The summed E-state index contributed by atoms with van der Waals surface area (Å²) in [7, 11) is 2.81. The Morgan fingerprint density at radius 2 is 1.83 bits per heavy atom. The van der Waals surface area contributed by atoms with Gasteiger partial charge in [0.25, 0.3) is 5.69 Å². The third-order valence-electron chi connectivity index (χ3n) is 5.08. The number of benzene rings is 3. The van der Waals surface area contributed by atoms with Crippen molar-refractivity contribution in [2.24, 2.45) is 0 Å². The van der Waals surface area contributed by atoms with Gasteiger partial charge in [0.15, 0.2) is 5.16 Å². The van der Waals surface area contributed by atoms with Crippen LogP contribution >= 0.6 is 11.8 Å². The van der Waals surface area contributed by atoms with Crippen LogP contribution in [-0.4, -0.2) is 46.3 Å². The maximum atomic E-state index is 12.7. The molecule has 0 radical (unpaired) electrons. The van der Waals surface area contributed by atoms with E-state index in [0.29, 0.717) is 33.3 Å². The van der Waals surface area contributed by atoms with Gasteiger partial charge in [-0.2, -0.15) is 0 Å². The van der Waals surface area contributed by atoms with Crippen LogP contribution < -0.4 is 10.1 Å². The summed E-state index contributed by atoms with van der Waals surface area (Å²) in [5.41, 5.74) is 2.19. The molecule has 35 heavy (non-hydrogen) atoms. The zero-order chi connectivity index (χ0) is 24.9. The summed E-state index contributed by atoms with van der Waals surface area (Å²) in [5, 5.41) is 14.4. The molecule has 0 spiro atoms. The van der Waals surface area contributed by atoms with Gasteiger partial charge in [0.2, 0.25) is 5.91 Å². The highest BCUT2D eigenvalue weighted by Crippen LogP contribution is 2.34. The largest absolute Gasteiger partial charge is 0.495 e. The van der Waals surface area contributed by atoms with Gasteiger partial charge in [-0.25, -0.2) is 9.78 Å². The highest BCUT2D eigenvalue weighted by Gasteiger charge is 2.20. The molecule has 0 aliphatic heterocycles. The predicted molar refractivity (Wildman–Crippen MR) is 131 cm³/mol. The van der Waals surface area contributed by atoms with Crippen molar-refractivity contribution < 1.29 is 24.0 Å². The summed E-state index contributed by atoms with van der Waals surface area (Å²) in [5.74, 6) is -0.386. The van der Waals surface area contributed by atoms with Crippen molar-refractivity contribution in [3.05, 3.63) is 82.4 Å². The molecule has 0 aliphatic carbocycles. The van der Waals surface area contributed by atoms with Crippen LogP contribution in [0.4, 0.5) is 11.4 Å². The number of esters is 1. The molecule has 0 saturated heterocycles. The topological polar surface area (TPSA) is 126 Å². The minimum atomic E-state index is -0.562. The van der Waals surface area contributed by atoms with Crippen molar-refractivity contribution in [2.45, 2.75) is 5.16 Å². The predicted octanol–water partition coefficient (Wildman–Crippen LogP) is 4.46. The molecular formula is C24H20N4O6S. The van der Waals surface area contributed by atoms with E-state index in [9.17, 15) is 19.7 Å². The van der Waals surface area contributed by atoms with Crippen molar-refractivity contribution >= 4 is 46.0 Å². The number of anilines is 1. The van der Waals surface area contributed by atoms with E-state index in [1.165, 1.54) is 19.2 Å². The molecule has 1 aromatic heterocycles. The van der Waals surface area contributed by atoms with E-state index in [-0.39, 0.29) is 22.9 Å². The Labute approximate surface area is 204 Å². The molecule has 1 heterocycles. The number of thioether (sulfide) groups is 1. The average molecular weight is 493 g/mol. The lowest BCUT2D eigenvalue weighted by atomic mass is 10.2. The van der Waals surface area contributed by atoms with Crippen molar-refractivity contribution in [3.63, 3.8) is 0 Å². The highest BCUT2D eigenvalue weighted by atomic mass is 32.2. The molecule has 10 nitrogen and oxygen atoms in total. The molecule has 11 heteroatoms. The van der Waals surface area contributed by atoms with Crippen LogP contribution in [0.1, 0.15) is 10.4 Å². The number of ether oxygens (including phenoxy) is 2. The molecule has 3 aromatic carbocycles. The summed E-state index contributed by atoms with van der Waals surface area (Å²) in [4.78, 5) is 40.0. The van der Waals surface area contributed by atoms with Crippen LogP contribution in [0, 0.1) is 10.1 Å². The standard InChI is InChI=1S/C24H20N4O6S/c1-33-21-10-6-5-9-20(21)27-19-12-11-15(28(31)32)13-18(19)26-24(27)35-14-22(29)25-17-8-4-3-7-16(17)23(30)34-2/h3-13H,14H2,1-2H3,(H,25,29). The number of nitro benzene ring substituents is 1. The van der Waals surface area contributed by atoms with E-state index in [1.54, 1.807) is 48.1 Å². The van der Waals surface area contributed by atoms with Gasteiger partial charge in [0.05, 0.1) is 52.9 Å². The lowest BCUT2D eigenvalue weighted by Crippen LogP contribution is -2.17. The number of nitrogens with one attached hydrogen (secondary N) is 1. The fourth-order valence-electron chi connectivity index (χ4n) is 3.50. The quantitative estimate of drug-likeness (QED) is 0.165. The van der Waals surface area contributed by atoms with E-state index in [1.807, 2.05) is 18.2 Å². The number of para-hydroxylation sites is 3. The monoisotopic (exact) mass is 492 g/mol. The molecule has 0 aliphatic rings. The number of imidazole rings is 1. The molecule has 4 aromatic rings. The Bertz CT molecular complexity index is 1430. The first-order chi connectivity index (χ1) is 16.9. The van der Waals surface area contributed by atoms with Gasteiger partial charge < -0.3 is 14.8 Å². The second-order valence-corrected chi connectivity index (χ2v) is 8.15. The molecule has 178 valence electrons. The summed E-state index contributed by atoms with van der Waals surface area (Å²) in [6, 6.07) is 18.2. The Morgan fingerprint density at radius 3 is 2.57 bits per heavy atom. The first kappa shape index (κ1) is 23.8. The Hall–Kier alpha value is -4.38. The third kappa shape index (κ3) is 4.94. The number of carbonyl (C=O) groups excluding carboxylic acids is 2. The highest BCUT2D eigenvalue weighted by molar-refractivity contribution is 7.99. The Balaban J connectivity index is 1.67. The summed E-state index contributed by atoms with van der Waals surface area (Å²) in [6.45, 7) is 0. The molecular weight excluding hydrogens is 472 g/mol. The maximum Gasteiger partial charge on any atom is 0.339 e. The molecule has 0 fully saturated rings. The number of rotatable bonds is 8. The van der Waals surface area contributed by atoms with Gasteiger partial charge in [-0.15, -0.1) is 0 Å². The minimum absolute atomic E-state index is 0.0317. The number of non-ortho nitro benzene ring substituents is 1. The number of nitro groups is 1. The zero-order valence-corrected chi connectivity index (χ0v) is 19.6. The smallest absolute Gasteiger partial charge is 0.339 e. The average Bonchev–Trinajstić information content (AvgIpc) is 3.24. The van der Waals surface area contributed by atoms with Crippen molar-refractivity contribution in [2.75, 3.05) is 25.3 Å². The minimum Gasteiger partial charge on any atom is -0.495 e. The molecule has 0 atom stereocenters. The number of carbonyl (C=O) groups is 2. The molecule has 0 unspecified atom stereocenters. The maximum absolute atomic E-state index is 12.7. The second-order valence-electron chi connectivity index (χ2n) is 7.21. The molecule has 4 rings (SSSR count). The fraction of sp³-hybridized carbons (Fsp3) is 0.125. The first-order valence-corrected chi connectivity index (χ1v) is 11.3. The van der Waals surface area contributed by atoms with Gasteiger partial charge in [-0.1, -0.05) is 36.0 Å². The van der Waals surface area contributed by atoms with Gasteiger partial charge >= 0.3 is 5.97 Å². The number of nitrogens with zero attached hydrogens (tertiary/aromatic N) is 3. The van der Waals surface area contributed by atoms with E-state index in [4.69, 9.17) is 9.47 Å². The zero-order valence-electron chi connectivity index (χ0n) is 18.8. The van der Waals surface area contributed by atoms with Crippen LogP contribution in [0.3, 0.4) is 0 Å². The molecule has 0 bridgehead atoms. The van der Waals surface area contributed by atoms with Crippen molar-refractivity contribution in [1.29, 1.82) is 0 Å². The van der Waals surface area contributed by atoms with Gasteiger partial charge in [0.1, 0.15) is 5.75 Å². The van der Waals surface area contributed by atoms with E-state index >= 15 is 0 Å². The summed E-state index contributed by atoms with van der Waals surface area (Å²) < 4.78 is 12.1. The SMILES string of the molecule is COC(=O)c1ccccc1NC(=O)CSc1nc2cc([N+](=O)[O-])ccc2n1-c1ccccc1OC. The number of amides is 1. The number of hydrogen-bond donors (Lipinski definition) is 1. The first-order valence-electron chi connectivity index (χ1n) is 10.3. The third-order valence-corrected chi connectivity index (χ3v) is 6.02. The number of fused-ring (bicyclic) bond motifs is 1. The normalized spacial score (nSPS) is 10.7. The molecule has 0 saturated carbocycles. The van der Waals surface area contributed by atoms with Crippen molar-refractivity contribution in [1.82, 2.24) is 9.55 Å². The van der Waals surface area contributed by atoms with E-state index in [0.717, 1.165) is 11.8 Å². The van der Waals surface area contributed by atoms with Gasteiger partial charge in [0, 0.05) is 12.1 Å². The van der Waals surface area contributed by atoms with Crippen LogP contribution in [0.5, 0.6) is 5.75 Å². The Morgan fingerprint density at radius 1 is 1.09 bits per heavy atom. The van der Waals surface area contributed by atoms with Crippen LogP contribution in [-0.2, 0) is 9.53 Å². The fourth-order valence-corrected chi connectivity index (χ4v) is 4.32. The summed E-state index contributed by atoms with van der Waals surface area (Å²) in [6.07, 6.45) is 0. The van der Waals surface area contributed by atoms with Crippen LogP contribution in [0.2, 0.25) is 0 Å². The molecule has 1 amide bonds. The van der Waals surface area contributed by atoms with Crippen LogP contribution in [0.25, 0.3) is 16.7 Å². The van der Waals surface area contributed by atoms with Crippen molar-refractivity contribution in [3.8, 4) is 11.4 Å². The van der Waals surface area contributed by atoms with Gasteiger partial charge in [-0.05, 0) is 30.3 Å². The number of methoxy groups -OCH3 is 2. The lowest BCUT2D eigenvalue weighted by Gasteiger charge is -2.13. The van der Waals surface area contributed by atoms with Gasteiger partial charge in [-0.3, -0.25) is 19.5 Å². The van der Waals surface area contributed by atoms with E-state index in [2.05, 4.69) is 10.3 Å². The Kier molecular flexibility index (Phi) is 6.97.